The van der Waals surface area contributed by atoms with Gasteiger partial charge in [-0.25, -0.2) is 13.7 Å². The third-order valence-corrected chi connectivity index (χ3v) is 6.24. The van der Waals surface area contributed by atoms with Gasteiger partial charge in [0.15, 0.2) is 5.82 Å². The first kappa shape index (κ1) is 24.1. The lowest BCUT2D eigenvalue weighted by Gasteiger charge is -2.07. The standard InChI is InChI=1S/C23H24FN7O3S/c1-15-21(22(33)31(29(15)2)17-6-4-3-5-7-17)26-20(32)12-13-35-23-28-27-19(30(23)25)14-34-18-10-8-16(24)9-11-18/h3-11H,12-14,25H2,1-2H3,(H,26,32). The lowest BCUT2D eigenvalue weighted by atomic mass is 10.3. The van der Waals surface area contributed by atoms with Crippen molar-refractivity contribution >= 4 is 23.4 Å². The molecule has 0 spiro atoms. The molecule has 0 aliphatic rings. The molecule has 0 radical (unpaired) electrons. The maximum Gasteiger partial charge on any atom is 0.295 e. The molecular weight excluding hydrogens is 473 g/mol. The first-order valence-corrected chi connectivity index (χ1v) is 11.7. The number of para-hydroxylation sites is 1. The first-order valence-electron chi connectivity index (χ1n) is 10.7. The summed E-state index contributed by atoms with van der Waals surface area (Å²) in [6, 6.07) is 14.8. The smallest absolute Gasteiger partial charge is 0.295 e. The summed E-state index contributed by atoms with van der Waals surface area (Å²) >= 11 is 1.25. The number of rotatable bonds is 9. The molecule has 182 valence electrons. The number of halogens is 1. The van der Waals surface area contributed by atoms with Crippen LogP contribution in [0, 0.1) is 12.7 Å². The van der Waals surface area contributed by atoms with Crippen LogP contribution in [0.25, 0.3) is 5.69 Å². The molecule has 2 aromatic heterocycles. The van der Waals surface area contributed by atoms with Crippen LogP contribution in [0.15, 0.2) is 64.5 Å². The quantitative estimate of drug-likeness (QED) is 0.269. The molecule has 0 atom stereocenters. The van der Waals surface area contributed by atoms with Gasteiger partial charge in [-0.2, -0.15) is 0 Å². The van der Waals surface area contributed by atoms with E-state index in [4.69, 9.17) is 10.6 Å². The van der Waals surface area contributed by atoms with Gasteiger partial charge in [-0.05, 0) is 43.3 Å². The monoisotopic (exact) mass is 497 g/mol. The van der Waals surface area contributed by atoms with Crippen molar-refractivity contribution in [3.05, 3.63) is 82.3 Å². The average Bonchev–Trinajstić information content (AvgIpc) is 3.30. The van der Waals surface area contributed by atoms with E-state index in [9.17, 15) is 14.0 Å². The molecule has 0 saturated carbocycles. The zero-order chi connectivity index (χ0) is 24.9. The lowest BCUT2D eigenvalue weighted by Crippen LogP contribution is -2.23. The van der Waals surface area contributed by atoms with Crippen LogP contribution in [-0.2, 0) is 18.4 Å². The summed E-state index contributed by atoms with van der Waals surface area (Å²) in [5.41, 5.74) is 1.30. The van der Waals surface area contributed by atoms with Crippen molar-refractivity contribution in [1.29, 1.82) is 0 Å². The van der Waals surface area contributed by atoms with Crippen molar-refractivity contribution in [2.75, 3.05) is 16.9 Å². The number of nitrogens with zero attached hydrogens (tertiary/aromatic N) is 5. The minimum atomic E-state index is -0.355. The van der Waals surface area contributed by atoms with Crippen molar-refractivity contribution in [2.24, 2.45) is 7.05 Å². The molecule has 35 heavy (non-hydrogen) atoms. The highest BCUT2D eigenvalue weighted by Crippen LogP contribution is 2.19. The largest absolute Gasteiger partial charge is 0.486 e. The van der Waals surface area contributed by atoms with E-state index in [0.717, 1.165) is 0 Å². The van der Waals surface area contributed by atoms with Crippen molar-refractivity contribution in [1.82, 2.24) is 24.2 Å². The second-order valence-corrected chi connectivity index (χ2v) is 8.66. The van der Waals surface area contributed by atoms with Crippen LogP contribution in [0.4, 0.5) is 10.1 Å². The molecule has 0 saturated heterocycles. The predicted octanol–water partition coefficient (Wildman–Crippen LogP) is 2.63. The minimum Gasteiger partial charge on any atom is -0.486 e. The lowest BCUT2D eigenvalue weighted by molar-refractivity contribution is -0.115. The number of thioether (sulfide) groups is 1. The van der Waals surface area contributed by atoms with Crippen molar-refractivity contribution in [2.45, 2.75) is 25.1 Å². The predicted molar refractivity (Wildman–Crippen MR) is 131 cm³/mol. The maximum absolute atomic E-state index is 13.0. The van der Waals surface area contributed by atoms with Crippen molar-refractivity contribution < 1.29 is 13.9 Å². The molecule has 0 fully saturated rings. The highest BCUT2D eigenvalue weighted by Gasteiger charge is 2.18. The normalized spacial score (nSPS) is 10.9. The number of hydrogen-bond acceptors (Lipinski definition) is 7. The number of carbonyl (C=O) groups excluding carboxylic acids is 1. The van der Waals surface area contributed by atoms with Gasteiger partial charge < -0.3 is 15.9 Å². The third kappa shape index (κ3) is 5.38. The van der Waals surface area contributed by atoms with Gasteiger partial charge in [-0.1, -0.05) is 30.0 Å². The summed E-state index contributed by atoms with van der Waals surface area (Å²) < 4.78 is 23.0. The van der Waals surface area contributed by atoms with E-state index in [0.29, 0.717) is 33.9 Å². The summed E-state index contributed by atoms with van der Waals surface area (Å²) in [7, 11) is 1.76. The molecule has 4 rings (SSSR count). The molecule has 2 heterocycles. The second-order valence-electron chi connectivity index (χ2n) is 7.59. The summed E-state index contributed by atoms with van der Waals surface area (Å²) in [5.74, 6) is 6.60. The van der Waals surface area contributed by atoms with Crippen LogP contribution in [0.3, 0.4) is 0 Å². The van der Waals surface area contributed by atoms with Crippen LogP contribution in [0.5, 0.6) is 5.75 Å². The fraction of sp³-hybridized carbons (Fsp3) is 0.217. The van der Waals surface area contributed by atoms with E-state index >= 15 is 0 Å². The average molecular weight is 498 g/mol. The van der Waals surface area contributed by atoms with E-state index in [-0.39, 0.29) is 36.0 Å². The van der Waals surface area contributed by atoms with Gasteiger partial charge >= 0.3 is 0 Å². The molecular formula is C23H24FN7O3S. The van der Waals surface area contributed by atoms with Gasteiger partial charge in [-0.3, -0.25) is 14.3 Å². The number of hydrogen-bond donors (Lipinski definition) is 2. The van der Waals surface area contributed by atoms with E-state index < -0.39 is 0 Å². The number of anilines is 1. The van der Waals surface area contributed by atoms with Crippen LogP contribution in [0.2, 0.25) is 0 Å². The maximum atomic E-state index is 13.0. The van der Waals surface area contributed by atoms with Gasteiger partial charge in [-0.15, -0.1) is 10.2 Å². The van der Waals surface area contributed by atoms with Crippen LogP contribution in [0.1, 0.15) is 17.9 Å². The molecule has 12 heteroatoms. The van der Waals surface area contributed by atoms with Crippen molar-refractivity contribution in [3.63, 3.8) is 0 Å². The fourth-order valence-corrected chi connectivity index (χ4v) is 4.15. The Balaban J connectivity index is 1.32. The molecule has 0 bridgehead atoms. The Bertz CT molecular complexity index is 1380. The summed E-state index contributed by atoms with van der Waals surface area (Å²) in [6.45, 7) is 1.83. The van der Waals surface area contributed by atoms with Gasteiger partial charge in [0, 0.05) is 19.2 Å². The minimum absolute atomic E-state index is 0.0527. The Labute approximate surface area is 204 Å². The van der Waals surface area contributed by atoms with Crippen molar-refractivity contribution in [3.8, 4) is 11.4 Å². The zero-order valence-electron chi connectivity index (χ0n) is 19.1. The van der Waals surface area contributed by atoms with Gasteiger partial charge in [0.1, 0.15) is 23.9 Å². The Morgan fingerprint density at radius 1 is 1.14 bits per heavy atom. The van der Waals surface area contributed by atoms with E-state index in [1.54, 1.807) is 18.7 Å². The van der Waals surface area contributed by atoms with Crippen LogP contribution in [-0.4, -0.2) is 35.9 Å². The number of benzene rings is 2. The van der Waals surface area contributed by atoms with E-state index in [1.165, 1.54) is 45.4 Å². The van der Waals surface area contributed by atoms with Crippen LogP contribution >= 0.6 is 11.8 Å². The molecule has 0 aliphatic heterocycles. The fourth-order valence-electron chi connectivity index (χ4n) is 3.33. The molecule has 2 aromatic carbocycles. The Kier molecular flexibility index (Phi) is 7.20. The van der Waals surface area contributed by atoms with Gasteiger partial charge in [0.25, 0.3) is 5.56 Å². The van der Waals surface area contributed by atoms with E-state index in [2.05, 4.69) is 15.5 Å². The molecule has 1 amide bonds. The summed E-state index contributed by atoms with van der Waals surface area (Å²) in [4.78, 5) is 25.5. The first-order chi connectivity index (χ1) is 16.8. The molecule has 0 unspecified atom stereocenters. The highest BCUT2D eigenvalue weighted by molar-refractivity contribution is 7.99. The van der Waals surface area contributed by atoms with E-state index in [1.807, 2.05) is 30.3 Å². The topological polar surface area (TPSA) is 122 Å². The number of carbonyl (C=O) groups is 1. The summed E-state index contributed by atoms with van der Waals surface area (Å²) in [5, 5.41) is 11.2. The number of ether oxygens (including phenoxy) is 1. The van der Waals surface area contributed by atoms with Crippen LogP contribution < -0.4 is 21.5 Å². The Morgan fingerprint density at radius 2 is 1.86 bits per heavy atom. The number of nitrogens with two attached hydrogens (primary N) is 1. The Morgan fingerprint density at radius 3 is 2.57 bits per heavy atom. The molecule has 3 N–H and O–H groups in total. The molecule has 10 nitrogen and oxygen atoms in total. The van der Waals surface area contributed by atoms with Gasteiger partial charge in [0.05, 0.1) is 11.4 Å². The molecule has 0 aliphatic carbocycles. The number of amides is 1. The zero-order valence-corrected chi connectivity index (χ0v) is 20.0. The molecule has 4 aromatic rings. The number of nitrogens with one attached hydrogen (secondary N) is 1. The highest BCUT2D eigenvalue weighted by atomic mass is 32.2. The number of aromatic nitrogens is 5. The number of nitrogen functional groups attached to an aromatic ring is 1. The second kappa shape index (κ2) is 10.5. The Hall–Kier alpha value is -4.06. The summed E-state index contributed by atoms with van der Waals surface area (Å²) in [6.07, 6.45) is 0.137. The SMILES string of the molecule is Cc1c(NC(=O)CCSc2nnc(COc3ccc(F)cc3)n2N)c(=O)n(-c2ccccc2)n1C. The van der Waals surface area contributed by atoms with Gasteiger partial charge in [0.2, 0.25) is 11.1 Å². The third-order valence-electron chi connectivity index (χ3n) is 5.30.